The fourth-order valence-corrected chi connectivity index (χ4v) is 2.94. The Labute approximate surface area is 116 Å². The van der Waals surface area contributed by atoms with Gasteiger partial charge >= 0.3 is 0 Å². The van der Waals surface area contributed by atoms with Gasteiger partial charge in [0, 0.05) is 17.6 Å². The number of hydrogen-bond acceptors (Lipinski definition) is 3. The van der Waals surface area contributed by atoms with Crippen LogP contribution in [0.5, 0.6) is 5.75 Å². The Morgan fingerprint density at radius 3 is 2.84 bits per heavy atom. The molecule has 19 heavy (non-hydrogen) atoms. The molecule has 1 aromatic carbocycles. The summed E-state index contributed by atoms with van der Waals surface area (Å²) in [6, 6.07) is 6.89. The first-order chi connectivity index (χ1) is 9.17. The zero-order valence-corrected chi connectivity index (χ0v) is 12.2. The highest BCUT2D eigenvalue weighted by molar-refractivity contribution is 5.42. The van der Waals surface area contributed by atoms with Crippen molar-refractivity contribution < 1.29 is 9.84 Å². The quantitative estimate of drug-likeness (QED) is 0.886. The summed E-state index contributed by atoms with van der Waals surface area (Å²) < 4.78 is 5.90. The molecule has 0 spiro atoms. The lowest BCUT2D eigenvalue weighted by atomic mass is 9.96. The van der Waals surface area contributed by atoms with Gasteiger partial charge in [0.1, 0.15) is 12.4 Å². The summed E-state index contributed by atoms with van der Waals surface area (Å²) >= 11 is 0. The van der Waals surface area contributed by atoms with E-state index in [1.54, 1.807) is 0 Å². The van der Waals surface area contributed by atoms with E-state index in [0.717, 1.165) is 37.3 Å². The fraction of sp³-hybridized carbons (Fsp3) is 0.625. The average molecular weight is 263 g/mol. The molecule has 0 aliphatic carbocycles. The first-order valence-corrected chi connectivity index (χ1v) is 7.27. The van der Waals surface area contributed by atoms with Gasteiger partial charge in [0.15, 0.2) is 0 Å². The average Bonchev–Trinajstić information content (AvgIpc) is 2.43. The van der Waals surface area contributed by atoms with Crippen molar-refractivity contribution in [3.8, 4) is 5.75 Å². The fourth-order valence-electron chi connectivity index (χ4n) is 2.94. The monoisotopic (exact) mass is 263 g/mol. The molecule has 0 aromatic heterocycles. The van der Waals surface area contributed by atoms with Crippen LogP contribution in [0.2, 0.25) is 0 Å². The van der Waals surface area contributed by atoms with Gasteiger partial charge in [-0.3, -0.25) is 4.90 Å². The van der Waals surface area contributed by atoms with E-state index < -0.39 is 0 Å². The highest BCUT2D eigenvalue weighted by Crippen LogP contribution is 2.30. The van der Waals surface area contributed by atoms with Gasteiger partial charge in [-0.25, -0.2) is 0 Å². The minimum atomic E-state index is 0.0920. The van der Waals surface area contributed by atoms with Gasteiger partial charge in [-0.2, -0.15) is 0 Å². The number of aliphatic hydroxyl groups excluding tert-OH is 1. The minimum Gasteiger partial charge on any atom is -0.492 e. The van der Waals surface area contributed by atoms with Crippen molar-refractivity contribution in [1.82, 2.24) is 4.90 Å². The Hall–Kier alpha value is -1.06. The van der Waals surface area contributed by atoms with E-state index in [4.69, 9.17) is 4.74 Å². The number of rotatable bonds is 5. The molecule has 1 aliphatic rings. The third-order valence-electron chi connectivity index (χ3n) is 3.89. The second-order valence-electron chi connectivity index (χ2n) is 5.55. The number of aliphatic hydroxyl groups is 1. The molecule has 0 amide bonds. The lowest BCUT2D eigenvalue weighted by Gasteiger charge is -2.38. The predicted octanol–water partition coefficient (Wildman–Crippen LogP) is 2.60. The van der Waals surface area contributed by atoms with Gasteiger partial charge in [0.25, 0.3) is 0 Å². The van der Waals surface area contributed by atoms with Crippen LogP contribution in [-0.4, -0.2) is 35.2 Å². The SMILES string of the molecule is CCCN(C(C)C)C1COc2cccc(CO)c2C1. The molecule has 3 heteroatoms. The van der Waals surface area contributed by atoms with Crippen molar-refractivity contribution in [2.45, 2.75) is 52.3 Å². The van der Waals surface area contributed by atoms with Crippen molar-refractivity contribution in [2.24, 2.45) is 0 Å². The number of fused-ring (bicyclic) bond motifs is 1. The van der Waals surface area contributed by atoms with E-state index in [9.17, 15) is 5.11 Å². The summed E-state index contributed by atoms with van der Waals surface area (Å²) in [7, 11) is 0. The van der Waals surface area contributed by atoms with E-state index in [1.807, 2.05) is 18.2 Å². The lowest BCUT2D eigenvalue weighted by Crippen LogP contribution is -2.47. The molecule has 1 aliphatic heterocycles. The summed E-state index contributed by atoms with van der Waals surface area (Å²) in [5.74, 6) is 0.947. The van der Waals surface area contributed by atoms with Crippen LogP contribution in [0, 0.1) is 0 Å². The number of nitrogens with zero attached hydrogens (tertiary/aromatic N) is 1. The highest BCUT2D eigenvalue weighted by atomic mass is 16.5. The van der Waals surface area contributed by atoms with Gasteiger partial charge in [0.05, 0.1) is 6.61 Å². The maximum atomic E-state index is 9.46. The highest BCUT2D eigenvalue weighted by Gasteiger charge is 2.27. The molecule has 106 valence electrons. The maximum absolute atomic E-state index is 9.46. The van der Waals surface area contributed by atoms with Gasteiger partial charge in [-0.1, -0.05) is 19.1 Å². The Balaban J connectivity index is 2.20. The predicted molar refractivity (Wildman–Crippen MR) is 77.5 cm³/mol. The summed E-state index contributed by atoms with van der Waals surface area (Å²) in [6.45, 7) is 8.63. The first-order valence-electron chi connectivity index (χ1n) is 7.27. The standard InChI is InChI=1S/C16H25NO2/c1-4-8-17(12(2)3)14-9-15-13(10-18)6-5-7-16(15)19-11-14/h5-7,12,14,18H,4,8-11H2,1-3H3. The van der Waals surface area contributed by atoms with Crippen LogP contribution in [0.15, 0.2) is 18.2 Å². The van der Waals surface area contributed by atoms with E-state index in [0.29, 0.717) is 12.1 Å². The summed E-state index contributed by atoms with van der Waals surface area (Å²) in [4.78, 5) is 2.51. The molecule has 1 atom stereocenters. The second kappa shape index (κ2) is 6.40. The van der Waals surface area contributed by atoms with Gasteiger partial charge < -0.3 is 9.84 Å². The van der Waals surface area contributed by atoms with Crippen LogP contribution < -0.4 is 4.74 Å². The van der Waals surface area contributed by atoms with Crippen molar-refractivity contribution in [2.75, 3.05) is 13.2 Å². The van der Waals surface area contributed by atoms with Crippen LogP contribution in [0.3, 0.4) is 0 Å². The summed E-state index contributed by atoms with van der Waals surface area (Å²) in [6.07, 6.45) is 2.13. The number of hydrogen-bond donors (Lipinski definition) is 1. The molecular formula is C16H25NO2. The van der Waals surface area contributed by atoms with Gasteiger partial charge in [-0.15, -0.1) is 0 Å². The normalized spacial score (nSPS) is 18.5. The van der Waals surface area contributed by atoms with Crippen LogP contribution in [0.25, 0.3) is 0 Å². The first kappa shape index (κ1) is 14.4. The minimum absolute atomic E-state index is 0.0920. The van der Waals surface area contributed by atoms with Crippen molar-refractivity contribution in [3.05, 3.63) is 29.3 Å². The van der Waals surface area contributed by atoms with Crippen LogP contribution in [0.1, 0.15) is 38.3 Å². The molecule has 2 rings (SSSR count). The third-order valence-corrected chi connectivity index (χ3v) is 3.89. The van der Waals surface area contributed by atoms with Crippen LogP contribution >= 0.6 is 0 Å². The molecule has 1 heterocycles. The maximum Gasteiger partial charge on any atom is 0.122 e. The lowest BCUT2D eigenvalue weighted by molar-refractivity contribution is 0.0917. The van der Waals surface area contributed by atoms with Gasteiger partial charge in [-0.05, 0) is 44.9 Å². The largest absolute Gasteiger partial charge is 0.492 e. The molecule has 0 fully saturated rings. The zero-order valence-electron chi connectivity index (χ0n) is 12.2. The Bertz CT molecular complexity index is 403. The molecule has 0 bridgehead atoms. The summed E-state index contributed by atoms with van der Waals surface area (Å²) in [5.41, 5.74) is 2.19. The smallest absolute Gasteiger partial charge is 0.122 e. The van der Waals surface area contributed by atoms with Crippen molar-refractivity contribution >= 4 is 0 Å². The number of benzene rings is 1. The number of ether oxygens (including phenoxy) is 1. The molecule has 0 saturated heterocycles. The molecule has 0 saturated carbocycles. The van der Waals surface area contributed by atoms with Crippen LogP contribution in [-0.2, 0) is 13.0 Å². The second-order valence-corrected chi connectivity index (χ2v) is 5.55. The topological polar surface area (TPSA) is 32.7 Å². The summed E-state index contributed by atoms with van der Waals surface area (Å²) in [5, 5.41) is 9.46. The van der Waals surface area contributed by atoms with Crippen LogP contribution in [0.4, 0.5) is 0 Å². The third kappa shape index (κ3) is 3.10. The molecule has 0 radical (unpaired) electrons. The van der Waals surface area contributed by atoms with Gasteiger partial charge in [0.2, 0.25) is 0 Å². The molecule has 1 N–H and O–H groups in total. The zero-order chi connectivity index (χ0) is 13.8. The van der Waals surface area contributed by atoms with Crippen molar-refractivity contribution in [1.29, 1.82) is 0 Å². The van der Waals surface area contributed by atoms with E-state index in [-0.39, 0.29) is 6.61 Å². The Morgan fingerprint density at radius 2 is 2.21 bits per heavy atom. The van der Waals surface area contributed by atoms with E-state index >= 15 is 0 Å². The Kier molecular flexibility index (Phi) is 4.83. The Morgan fingerprint density at radius 1 is 1.42 bits per heavy atom. The molecular weight excluding hydrogens is 238 g/mol. The van der Waals surface area contributed by atoms with Crippen molar-refractivity contribution in [3.63, 3.8) is 0 Å². The molecule has 1 aromatic rings. The van der Waals surface area contributed by atoms with E-state index in [1.165, 1.54) is 5.56 Å². The molecule has 3 nitrogen and oxygen atoms in total. The molecule has 1 unspecified atom stereocenters. The van der Waals surface area contributed by atoms with E-state index in [2.05, 4.69) is 25.7 Å².